The lowest BCUT2D eigenvalue weighted by atomic mass is 10.1. The van der Waals surface area contributed by atoms with Crippen molar-refractivity contribution in [2.45, 2.75) is 18.4 Å². The van der Waals surface area contributed by atoms with Gasteiger partial charge in [-0.3, -0.25) is 4.79 Å². The number of imidazole rings is 1. The molecule has 0 fully saturated rings. The van der Waals surface area contributed by atoms with Crippen molar-refractivity contribution in [2.75, 3.05) is 0 Å². The monoisotopic (exact) mass is 329 g/mol. The number of aryl methyl sites for hydroxylation is 1. The molecule has 3 rings (SSSR count). The summed E-state index contributed by atoms with van der Waals surface area (Å²) in [5.41, 5.74) is 1.98. The van der Waals surface area contributed by atoms with Crippen molar-refractivity contribution in [3.63, 3.8) is 0 Å². The highest BCUT2D eigenvalue weighted by Gasteiger charge is 2.15. The average Bonchev–Trinajstić information content (AvgIpc) is 2.83. The Morgan fingerprint density at radius 2 is 1.91 bits per heavy atom. The fourth-order valence-electron chi connectivity index (χ4n) is 2.48. The van der Waals surface area contributed by atoms with Crippen molar-refractivity contribution >= 4 is 26.8 Å². The number of hydrogen-bond acceptors (Lipinski definition) is 4. The summed E-state index contributed by atoms with van der Waals surface area (Å²) in [6.45, 7) is 1.91. The lowest BCUT2D eigenvalue weighted by Crippen LogP contribution is -2.15. The third-order valence-corrected chi connectivity index (χ3v) is 4.54. The Morgan fingerprint density at radius 1 is 1.17 bits per heavy atom. The number of primary sulfonamides is 1. The Balaban J connectivity index is 1.97. The Kier molecular flexibility index (Phi) is 3.75. The zero-order valence-corrected chi connectivity index (χ0v) is 13.2. The summed E-state index contributed by atoms with van der Waals surface area (Å²) in [6.07, 6.45) is 0. The molecule has 0 aliphatic heterocycles. The van der Waals surface area contributed by atoms with Crippen LogP contribution in [-0.4, -0.2) is 23.8 Å². The number of fused-ring (bicyclic) bond motifs is 1. The Hall–Kier alpha value is -2.51. The van der Waals surface area contributed by atoms with E-state index in [1.807, 2.05) is 31.2 Å². The van der Waals surface area contributed by atoms with E-state index >= 15 is 0 Å². The van der Waals surface area contributed by atoms with E-state index in [-0.39, 0.29) is 17.2 Å². The first-order valence-corrected chi connectivity index (χ1v) is 8.49. The van der Waals surface area contributed by atoms with Gasteiger partial charge in [-0.15, -0.1) is 0 Å². The van der Waals surface area contributed by atoms with Crippen LogP contribution < -0.4 is 5.14 Å². The summed E-state index contributed by atoms with van der Waals surface area (Å²) in [5.74, 6) is 0.518. The minimum Gasteiger partial charge on any atom is -0.320 e. The van der Waals surface area contributed by atoms with E-state index < -0.39 is 10.0 Å². The van der Waals surface area contributed by atoms with E-state index in [0.717, 1.165) is 16.9 Å². The molecule has 0 saturated heterocycles. The van der Waals surface area contributed by atoms with Crippen LogP contribution in [0.2, 0.25) is 0 Å². The molecule has 0 aliphatic rings. The number of benzene rings is 2. The van der Waals surface area contributed by atoms with Crippen LogP contribution in [0.15, 0.2) is 53.4 Å². The van der Waals surface area contributed by atoms with Crippen molar-refractivity contribution in [1.82, 2.24) is 9.55 Å². The van der Waals surface area contributed by atoms with Crippen molar-refractivity contribution in [2.24, 2.45) is 5.14 Å². The van der Waals surface area contributed by atoms with Crippen LogP contribution in [0.5, 0.6) is 0 Å². The number of carbonyl (C=O) groups excluding carboxylic acids is 1. The van der Waals surface area contributed by atoms with Crippen LogP contribution in [0, 0.1) is 6.92 Å². The van der Waals surface area contributed by atoms with Gasteiger partial charge in [0.05, 0.1) is 22.5 Å². The zero-order valence-electron chi connectivity index (χ0n) is 12.4. The molecule has 1 aromatic heterocycles. The van der Waals surface area contributed by atoms with Gasteiger partial charge in [0, 0.05) is 5.56 Å². The second-order valence-corrected chi connectivity index (χ2v) is 6.79. The van der Waals surface area contributed by atoms with Crippen molar-refractivity contribution in [3.05, 3.63) is 59.9 Å². The number of para-hydroxylation sites is 2. The molecule has 23 heavy (non-hydrogen) atoms. The van der Waals surface area contributed by atoms with E-state index in [1.165, 1.54) is 18.2 Å². The molecule has 0 unspecified atom stereocenters. The summed E-state index contributed by atoms with van der Waals surface area (Å²) in [4.78, 5) is 16.8. The van der Waals surface area contributed by atoms with Crippen molar-refractivity contribution < 1.29 is 13.2 Å². The average molecular weight is 329 g/mol. The number of hydrogen-bond donors (Lipinski definition) is 1. The van der Waals surface area contributed by atoms with Crippen LogP contribution in [0.4, 0.5) is 0 Å². The molecule has 0 bridgehead atoms. The van der Waals surface area contributed by atoms with Gasteiger partial charge in [-0.2, -0.15) is 0 Å². The van der Waals surface area contributed by atoms with Gasteiger partial charge in [0.1, 0.15) is 5.82 Å². The highest BCUT2D eigenvalue weighted by Crippen LogP contribution is 2.17. The molecule has 6 nitrogen and oxygen atoms in total. The van der Waals surface area contributed by atoms with Crippen LogP contribution in [0.1, 0.15) is 16.2 Å². The van der Waals surface area contributed by atoms with Gasteiger partial charge in [0.15, 0.2) is 5.78 Å². The summed E-state index contributed by atoms with van der Waals surface area (Å²) in [6, 6.07) is 13.3. The number of ketones is 1. The van der Waals surface area contributed by atoms with Crippen molar-refractivity contribution in [1.29, 1.82) is 0 Å². The molecular weight excluding hydrogens is 314 g/mol. The van der Waals surface area contributed by atoms with Gasteiger partial charge >= 0.3 is 0 Å². The van der Waals surface area contributed by atoms with Crippen LogP contribution in [-0.2, 0) is 16.6 Å². The molecule has 0 saturated carbocycles. The summed E-state index contributed by atoms with van der Waals surface area (Å²) >= 11 is 0. The molecule has 2 aromatic carbocycles. The summed E-state index contributed by atoms with van der Waals surface area (Å²) in [7, 11) is -3.84. The van der Waals surface area contributed by atoms with Gasteiger partial charge < -0.3 is 4.57 Å². The van der Waals surface area contributed by atoms with Gasteiger partial charge in [0.2, 0.25) is 10.0 Å². The molecule has 0 atom stereocenters. The highest BCUT2D eigenvalue weighted by molar-refractivity contribution is 7.89. The van der Waals surface area contributed by atoms with Gasteiger partial charge in [-0.25, -0.2) is 18.5 Å². The molecule has 7 heteroatoms. The van der Waals surface area contributed by atoms with Crippen LogP contribution >= 0.6 is 0 Å². The molecule has 1 heterocycles. The summed E-state index contributed by atoms with van der Waals surface area (Å²) in [5, 5.41) is 5.11. The lowest BCUT2D eigenvalue weighted by molar-refractivity contribution is 0.0972. The van der Waals surface area contributed by atoms with Crippen LogP contribution in [0.3, 0.4) is 0 Å². The molecule has 0 amide bonds. The predicted molar refractivity (Wildman–Crippen MR) is 86.6 cm³/mol. The van der Waals surface area contributed by atoms with E-state index in [9.17, 15) is 13.2 Å². The van der Waals surface area contributed by atoms with E-state index in [2.05, 4.69) is 4.98 Å². The van der Waals surface area contributed by atoms with Gasteiger partial charge in [0.25, 0.3) is 0 Å². The Bertz CT molecular complexity index is 1010. The van der Waals surface area contributed by atoms with Gasteiger partial charge in [-0.05, 0) is 31.2 Å². The standard InChI is InChI=1S/C16H15N3O3S/c1-11-18-14-7-2-3-8-15(14)19(11)10-16(20)12-5-4-6-13(9-12)23(17,21)22/h2-9H,10H2,1H3,(H2,17,21,22). The van der Waals surface area contributed by atoms with E-state index in [1.54, 1.807) is 10.6 Å². The maximum Gasteiger partial charge on any atom is 0.238 e. The Labute approximate surface area is 133 Å². The number of Topliss-reactive ketones (excluding diaryl/α,β-unsaturated/α-hetero) is 1. The predicted octanol–water partition coefficient (Wildman–Crippen LogP) is 1.88. The number of aromatic nitrogens is 2. The normalized spacial score (nSPS) is 11.7. The molecule has 118 valence electrons. The molecular formula is C16H15N3O3S. The molecule has 0 aliphatic carbocycles. The number of nitrogens with two attached hydrogens (primary N) is 1. The number of carbonyl (C=O) groups is 1. The smallest absolute Gasteiger partial charge is 0.238 e. The molecule has 3 aromatic rings. The number of sulfonamides is 1. The third kappa shape index (κ3) is 3.01. The SMILES string of the molecule is Cc1nc2ccccc2n1CC(=O)c1cccc(S(N)(=O)=O)c1. The number of nitrogens with zero attached hydrogens (tertiary/aromatic N) is 2. The number of rotatable bonds is 4. The fraction of sp³-hybridized carbons (Fsp3) is 0.125. The Morgan fingerprint density at radius 3 is 2.65 bits per heavy atom. The first kappa shape index (κ1) is 15.4. The zero-order chi connectivity index (χ0) is 16.6. The first-order valence-electron chi connectivity index (χ1n) is 6.94. The molecule has 0 radical (unpaired) electrons. The topological polar surface area (TPSA) is 95.0 Å². The van der Waals surface area contributed by atoms with Crippen molar-refractivity contribution in [3.8, 4) is 0 Å². The maximum absolute atomic E-state index is 12.5. The lowest BCUT2D eigenvalue weighted by Gasteiger charge is -2.07. The maximum atomic E-state index is 12.5. The molecule has 2 N–H and O–H groups in total. The quantitative estimate of drug-likeness (QED) is 0.739. The second kappa shape index (κ2) is 5.60. The first-order chi connectivity index (χ1) is 10.9. The minimum absolute atomic E-state index is 0.0736. The summed E-state index contributed by atoms with van der Waals surface area (Å²) < 4.78 is 24.6. The fourth-order valence-corrected chi connectivity index (χ4v) is 3.04. The van der Waals surface area contributed by atoms with Crippen LogP contribution in [0.25, 0.3) is 11.0 Å². The highest BCUT2D eigenvalue weighted by atomic mass is 32.2. The minimum atomic E-state index is -3.84. The van der Waals surface area contributed by atoms with Gasteiger partial charge in [-0.1, -0.05) is 24.3 Å². The molecule has 0 spiro atoms. The largest absolute Gasteiger partial charge is 0.320 e. The third-order valence-electron chi connectivity index (χ3n) is 3.63. The second-order valence-electron chi connectivity index (χ2n) is 5.23. The van der Waals surface area contributed by atoms with E-state index in [0.29, 0.717) is 5.56 Å². The van der Waals surface area contributed by atoms with E-state index in [4.69, 9.17) is 5.14 Å².